The largest absolute Gasteiger partial charge is 0.399 e. The average molecular weight is 165 g/mol. The number of anilines is 1. The number of benzene rings is 1. The second-order valence-corrected chi connectivity index (χ2v) is 2.42. The van der Waals surface area contributed by atoms with Crippen molar-refractivity contribution in [2.45, 2.75) is 6.61 Å². The van der Waals surface area contributed by atoms with Gasteiger partial charge in [-0.3, -0.25) is 0 Å². The summed E-state index contributed by atoms with van der Waals surface area (Å²) in [5, 5.41) is 0. The minimum Gasteiger partial charge on any atom is -0.399 e. The summed E-state index contributed by atoms with van der Waals surface area (Å²) in [6.45, 7) is 0.601. The van der Waals surface area contributed by atoms with Gasteiger partial charge >= 0.3 is 0 Å². The van der Waals surface area contributed by atoms with Crippen molar-refractivity contribution in [1.29, 1.82) is 0 Å². The highest BCUT2D eigenvalue weighted by Crippen LogP contribution is 2.05. The summed E-state index contributed by atoms with van der Waals surface area (Å²) in [5.41, 5.74) is 7.23. The van der Waals surface area contributed by atoms with E-state index in [1.165, 1.54) is 0 Å². The summed E-state index contributed by atoms with van der Waals surface area (Å²) in [4.78, 5) is 9.90. The maximum absolute atomic E-state index is 9.90. The first kappa shape index (κ1) is 8.74. The molecular formula is C9H11NO2. The Morgan fingerprint density at radius 2 is 2.00 bits per heavy atom. The quantitative estimate of drug-likeness (QED) is 0.411. The number of aldehydes is 1. The van der Waals surface area contributed by atoms with Gasteiger partial charge in [0.1, 0.15) is 12.9 Å². The molecule has 1 aromatic rings. The molecule has 0 aliphatic rings. The fourth-order valence-electron chi connectivity index (χ4n) is 0.839. The van der Waals surface area contributed by atoms with Crippen LogP contribution in [0.4, 0.5) is 5.69 Å². The molecule has 0 heterocycles. The number of carbonyl (C=O) groups is 1. The molecule has 1 rings (SSSR count). The van der Waals surface area contributed by atoms with Gasteiger partial charge in [0, 0.05) is 5.69 Å². The average Bonchev–Trinajstić information content (AvgIpc) is 2.09. The van der Waals surface area contributed by atoms with Crippen LogP contribution < -0.4 is 5.73 Å². The molecule has 3 nitrogen and oxygen atoms in total. The van der Waals surface area contributed by atoms with Crippen molar-refractivity contribution < 1.29 is 9.53 Å². The molecule has 0 fully saturated rings. The lowest BCUT2D eigenvalue weighted by atomic mass is 10.2. The van der Waals surface area contributed by atoms with Crippen LogP contribution in [-0.4, -0.2) is 12.9 Å². The van der Waals surface area contributed by atoms with E-state index in [9.17, 15) is 4.79 Å². The van der Waals surface area contributed by atoms with Gasteiger partial charge in [-0.1, -0.05) is 12.1 Å². The van der Waals surface area contributed by atoms with Crippen molar-refractivity contribution in [3.8, 4) is 0 Å². The summed E-state index contributed by atoms with van der Waals surface area (Å²) < 4.78 is 5.00. The fourth-order valence-corrected chi connectivity index (χ4v) is 0.839. The first-order valence-corrected chi connectivity index (χ1v) is 3.68. The fraction of sp³-hybridized carbons (Fsp3) is 0.222. The van der Waals surface area contributed by atoms with Gasteiger partial charge in [0.15, 0.2) is 0 Å². The van der Waals surface area contributed by atoms with Gasteiger partial charge in [-0.2, -0.15) is 0 Å². The Hall–Kier alpha value is -1.35. The van der Waals surface area contributed by atoms with E-state index in [-0.39, 0.29) is 6.61 Å². The molecule has 0 saturated carbocycles. The highest BCUT2D eigenvalue weighted by Gasteiger charge is 1.91. The number of rotatable bonds is 4. The molecule has 0 spiro atoms. The number of nitrogen functional groups attached to an aromatic ring is 1. The molecule has 0 bridgehead atoms. The zero-order valence-corrected chi connectivity index (χ0v) is 6.69. The van der Waals surface area contributed by atoms with Gasteiger partial charge in [0.05, 0.1) is 6.61 Å². The standard InChI is InChI=1S/C9H11NO2/c10-9-3-1-8(2-4-9)7-12-6-5-11/h1-5H,6-7,10H2. The molecule has 0 saturated heterocycles. The highest BCUT2D eigenvalue weighted by molar-refractivity contribution is 5.50. The van der Waals surface area contributed by atoms with Crippen molar-refractivity contribution in [2.24, 2.45) is 0 Å². The molecule has 12 heavy (non-hydrogen) atoms. The predicted molar refractivity (Wildman–Crippen MR) is 46.6 cm³/mol. The normalized spacial score (nSPS) is 9.67. The maximum Gasteiger partial charge on any atom is 0.145 e. The second-order valence-electron chi connectivity index (χ2n) is 2.42. The van der Waals surface area contributed by atoms with Crippen LogP contribution in [0.1, 0.15) is 5.56 Å². The van der Waals surface area contributed by atoms with Gasteiger partial charge < -0.3 is 15.3 Å². The molecule has 0 aromatic heterocycles. The Bertz CT molecular complexity index is 243. The molecule has 1 aromatic carbocycles. The SMILES string of the molecule is Nc1ccc(COCC=O)cc1. The van der Waals surface area contributed by atoms with Crippen molar-refractivity contribution in [3.63, 3.8) is 0 Å². The van der Waals surface area contributed by atoms with Crippen LogP contribution >= 0.6 is 0 Å². The van der Waals surface area contributed by atoms with E-state index in [4.69, 9.17) is 10.5 Å². The maximum atomic E-state index is 9.90. The van der Waals surface area contributed by atoms with Gasteiger partial charge in [0.2, 0.25) is 0 Å². The van der Waals surface area contributed by atoms with E-state index < -0.39 is 0 Å². The Morgan fingerprint density at radius 1 is 1.33 bits per heavy atom. The van der Waals surface area contributed by atoms with E-state index in [0.29, 0.717) is 6.61 Å². The summed E-state index contributed by atoms with van der Waals surface area (Å²) in [7, 11) is 0. The van der Waals surface area contributed by atoms with Gasteiger partial charge in [-0.15, -0.1) is 0 Å². The molecular weight excluding hydrogens is 154 g/mol. The van der Waals surface area contributed by atoms with Crippen molar-refractivity contribution >= 4 is 12.0 Å². The zero-order valence-electron chi connectivity index (χ0n) is 6.69. The molecule has 2 N–H and O–H groups in total. The number of ether oxygens (including phenoxy) is 1. The molecule has 0 aliphatic carbocycles. The first-order chi connectivity index (χ1) is 5.83. The summed E-state index contributed by atoms with van der Waals surface area (Å²) >= 11 is 0. The van der Waals surface area contributed by atoms with Crippen molar-refractivity contribution in [3.05, 3.63) is 29.8 Å². The van der Waals surface area contributed by atoms with E-state index in [2.05, 4.69) is 0 Å². The summed E-state index contributed by atoms with van der Waals surface area (Å²) in [6.07, 6.45) is 0.733. The van der Waals surface area contributed by atoms with Crippen LogP contribution in [0.3, 0.4) is 0 Å². The van der Waals surface area contributed by atoms with E-state index >= 15 is 0 Å². The van der Waals surface area contributed by atoms with E-state index in [1.807, 2.05) is 12.1 Å². The van der Waals surface area contributed by atoms with Crippen LogP contribution in [0, 0.1) is 0 Å². The molecule has 0 atom stereocenters. The van der Waals surface area contributed by atoms with Crippen LogP contribution in [0.2, 0.25) is 0 Å². The molecule has 0 amide bonds. The zero-order chi connectivity index (χ0) is 8.81. The number of hydrogen-bond donors (Lipinski definition) is 1. The van der Waals surface area contributed by atoms with Crippen LogP contribution in [0.15, 0.2) is 24.3 Å². The molecule has 0 aliphatic heterocycles. The van der Waals surface area contributed by atoms with Gasteiger partial charge in [-0.05, 0) is 17.7 Å². The third kappa shape index (κ3) is 2.72. The lowest BCUT2D eigenvalue weighted by molar-refractivity contribution is -0.112. The van der Waals surface area contributed by atoms with Crippen molar-refractivity contribution in [1.82, 2.24) is 0 Å². The van der Waals surface area contributed by atoms with E-state index in [0.717, 1.165) is 17.5 Å². The highest BCUT2D eigenvalue weighted by atomic mass is 16.5. The number of carbonyl (C=O) groups excluding carboxylic acids is 1. The monoisotopic (exact) mass is 165 g/mol. The van der Waals surface area contributed by atoms with Crippen molar-refractivity contribution in [2.75, 3.05) is 12.3 Å². The first-order valence-electron chi connectivity index (χ1n) is 3.68. The lowest BCUT2D eigenvalue weighted by Crippen LogP contribution is -1.96. The van der Waals surface area contributed by atoms with Crippen LogP contribution in [0.5, 0.6) is 0 Å². The third-order valence-electron chi connectivity index (χ3n) is 1.43. The van der Waals surface area contributed by atoms with Gasteiger partial charge in [0.25, 0.3) is 0 Å². The van der Waals surface area contributed by atoms with Gasteiger partial charge in [-0.25, -0.2) is 0 Å². The minimum atomic E-state index is 0.143. The predicted octanol–water partition coefficient (Wildman–Crippen LogP) is 0.984. The third-order valence-corrected chi connectivity index (χ3v) is 1.43. The minimum absolute atomic E-state index is 0.143. The van der Waals surface area contributed by atoms with Crippen LogP contribution in [-0.2, 0) is 16.1 Å². The van der Waals surface area contributed by atoms with E-state index in [1.54, 1.807) is 12.1 Å². The summed E-state index contributed by atoms with van der Waals surface area (Å²) in [5.74, 6) is 0. The topological polar surface area (TPSA) is 52.3 Å². The Labute approximate surface area is 71.1 Å². The lowest BCUT2D eigenvalue weighted by Gasteiger charge is -2.00. The molecule has 0 radical (unpaired) electrons. The smallest absolute Gasteiger partial charge is 0.145 e. The molecule has 64 valence electrons. The molecule has 0 unspecified atom stereocenters. The summed E-state index contributed by atoms with van der Waals surface area (Å²) in [6, 6.07) is 7.36. The second kappa shape index (κ2) is 4.51. The molecule has 3 heteroatoms. The number of nitrogens with two attached hydrogens (primary N) is 1. The Balaban J connectivity index is 2.42. The van der Waals surface area contributed by atoms with Crippen LogP contribution in [0.25, 0.3) is 0 Å². The Kier molecular flexibility index (Phi) is 3.29. The number of hydrogen-bond acceptors (Lipinski definition) is 3. The Morgan fingerprint density at radius 3 is 2.58 bits per heavy atom.